The average molecular weight is 461 g/mol. The Kier molecular flexibility index (Phi) is 16.3. The zero-order valence-corrected chi connectivity index (χ0v) is 19.6. The molecular weight excluding hydrogens is 424 g/mol. The molecule has 4 heteroatoms. The normalized spacial score (nSPS) is 11.3. The molecule has 4 aromatic carbocycles. The van der Waals surface area contributed by atoms with Crippen molar-refractivity contribution in [1.82, 2.24) is 0 Å². The topological polar surface area (TPSA) is 80.9 Å². The Hall–Kier alpha value is -3.92. The first-order valence-corrected chi connectivity index (χ1v) is 11.5. The third-order valence-corrected chi connectivity index (χ3v) is 4.52. The second-order valence-electron chi connectivity index (χ2n) is 7.46. The maximum atomic E-state index is 8.63. The van der Waals surface area contributed by atoms with Crippen molar-refractivity contribution in [2.24, 2.45) is 0 Å². The van der Waals surface area contributed by atoms with Crippen LogP contribution in [0.4, 0.5) is 0 Å². The molecule has 34 heavy (non-hydrogen) atoms. The van der Waals surface area contributed by atoms with Crippen LogP contribution in [0.25, 0.3) is 0 Å². The van der Waals surface area contributed by atoms with Crippen molar-refractivity contribution in [3.63, 3.8) is 0 Å². The van der Waals surface area contributed by atoms with Crippen LogP contribution in [0.3, 0.4) is 0 Å². The van der Waals surface area contributed by atoms with Gasteiger partial charge in [-0.15, -0.1) is 0 Å². The number of benzene rings is 4. The molecule has 180 valence electrons. The molecule has 4 N–H and O–H groups in total. The number of para-hydroxylation sites is 4. The zero-order valence-electron chi connectivity index (χ0n) is 19.6. The fourth-order valence-electron chi connectivity index (χ4n) is 2.77. The van der Waals surface area contributed by atoms with E-state index in [2.05, 4.69) is 0 Å². The Morgan fingerprint density at radius 2 is 0.412 bits per heavy atom. The Morgan fingerprint density at radius 3 is 0.500 bits per heavy atom. The number of phenols is 4. The number of hydrogen-bond acceptors (Lipinski definition) is 4. The summed E-state index contributed by atoms with van der Waals surface area (Å²) >= 11 is 0. The van der Waals surface area contributed by atoms with E-state index in [4.69, 9.17) is 20.4 Å². The van der Waals surface area contributed by atoms with E-state index in [1.807, 2.05) is 24.3 Å². The minimum Gasteiger partial charge on any atom is -0.508 e. The van der Waals surface area contributed by atoms with Gasteiger partial charge in [-0.1, -0.05) is 111 Å². The van der Waals surface area contributed by atoms with Gasteiger partial charge in [0.05, 0.1) is 0 Å². The molecule has 0 atom stereocenters. The molecule has 1 aliphatic carbocycles. The van der Waals surface area contributed by atoms with Crippen LogP contribution in [0.15, 0.2) is 121 Å². The summed E-state index contributed by atoms with van der Waals surface area (Å²) in [4.78, 5) is 0. The molecule has 1 saturated carbocycles. The van der Waals surface area contributed by atoms with Gasteiger partial charge in [-0.25, -0.2) is 0 Å². The minimum absolute atomic E-state index is 0.322. The molecule has 4 aromatic rings. The van der Waals surface area contributed by atoms with Crippen LogP contribution < -0.4 is 0 Å². The highest BCUT2D eigenvalue weighted by Gasteiger charge is 1.95. The maximum absolute atomic E-state index is 8.63. The highest BCUT2D eigenvalue weighted by molar-refractivity contribution is 5.20. The van der Waals surface area contributed by atoms with Gasteiger partial charge < -0.3 is 20.4 Å². The molecule has 0 aliphatic heterocycles. The summed E-state index contributed by atoms with van der Waals surface area (Å²) in [5, 5.41) is 34.5. The van der Waals surface area contributed by atoms with E-state index >= 15 is 0 Å². The highest BCUT2D eigenvalue weighted by atomic mass is 16.3. The lowest BCUT2D eigenvalue weighted by Gasteiger charge is -2.05. The van der Waals surface area contributed by atoms with Gasteiger partial charge in [-0.2, -0.15) is 0 Å². The number of hydrogen-bond donors (Lipinski definition) is 4. The average Bonchev–Trinajstić information content (AvgIpc) is 2.89. The SMILES string of the molecule is C1CCCCC1.Oc1ccccc1.Oc1ccccc1.Oc1ccccc1.Oc1ccccc1. The van der Waals surface area contributed by atoms with Crippen molar-refractivity contribution in [1.29, 1.82) is 0 Å². The van der Waals surface area contributed by atoms with Crippen molar-refractivity contribution in [2.45, 2.75) is 38.5 Å². The van der Waals surface area contributed by atoms with Crippen LogP contribution in [0.2, 0.25) is 0 Å². The van der Waals surface area contributed by atoms with Crippen molar-refractivity contribution >= 4 is 0 Å². The highest BCUT2D eigenvalue weighted by Crippen LogP contribution is 2.15. The van der Waals surface area contributed by atoms with Crippen molar-refractivity contribution < 1.29 is 20.4 Å². The third-order valence-electron chi connectivity index (χ3n) is 4.52. The molecule has 0 aromatic heterocycles. The molecule has 0 heterocycles. The molecule has 1 aliphatic rings. The summed E-state index contributed by atoms with van der Waals surface area (Å²) in [5.41, 5.74) is 0. The Labute approximate surface area is 203 Å². The molecule has 5 rings (SSSR count). The van der Waals surface area contributed by atoms with E-state index in [0.717, 1.165) is 0 Å². The smallest absolute Gasteiger partial charge is 0.115 e. The van der Waals surface area contributed by atoms with E-state index in [-0.39, 0.29) is 0 Å². The van der Waals surface area contributed by atoms with E-state index in [1.165, 1.54) is 38.5 Å². The number of aromatic hydroxyl groups is 4. The van der Waals surface area contributed by atoms with Crippen LogP contribution in [0.1, 0.15) is 38.5 Å². The lowest BCUT2D eigenvalue weighted by Crippen LogP contribution is -1.85. The Morgan fingerprint density at radius 1 is 0.265 bits per heavy atom. The standard InChI is InChI=1S/4C6H6O.C6H12/c4*7-6-4-2-1-3-5-6;1-2-4-6-5-3-1/h4*1-5,7H;1-6H2. The van der Waals surface area contributed by atoms with Gasteiger partial charge in [-0.05, 0) is 48.5 Å². The minimum atomic E-state index is 0.322. The van der Waals surface area contributed by atoms with Gasteiger partial charge >= 0.3 is 0 Å². The van der Waals surface area contributed by atoms with Crippen molar-refractivity contribution in [3.8, 4) is 23.0 Å². The quantitative estimate of drug-likeness (QED) is 0.215. The Bertz CT molecular complexity index is 765. The fraction of sp³-hybridized carbons (Fsp3) is 0.200. The van der Waals surface area contributed by atoms with Gasteiger partial charge in [0.25, 0.3) is 0 Å². The van der Waals surface area contributed by atoms with E-state index in [9.17, 15) is 0 Å². The van der Waals surface area contributed by atoms with Gasteiger partial charge in [-0.3, -0.25) is 0 Å². The van der Waals surface area contributed by atoms with Gasteiger partial charge in [0.2, 0.25) is 0 Å². The van der Waals surface area contributed by atoms with Crippen LogP contribution in [-0.2, 0) is 0 Å². The summed E-state index contributed by atoms with van der Waals surface area (Å²) < 4.78 is 0. The molecule has 0 amide bonds. The zero-order chi connectivity index (χ0) is 24.7. The Balaban J connectivity index is 0.000000213. The maximum Gasteiger partial charge on any atom is 0.115 e. The summed E-state index contributed by atoms with van der Waals surface area (Å²) in [7, 11) is 0. The molecule has 1 fully saturated rings. The summed E-state index contributed by atoms with van der Waals surface area (Å²) in [6, 6.07) is 34.9. The van der Waals surface area contributed by atoms with Gasteiger partial charge in [0, 0.05) is 0 Å². The van der Waals surface area contributed by atoms with Crippen LogP contribution >= 0.6 is 0 Å². The molecule has 0 radical (unpaired) electrons. The molecule has 4 nitrogen and oxygen atoms in total. The van der Waals surface area contributed by atoms with Crippen molar-refractivity contribution in [3.05, 3.63) is 121 Å². The summed E-state index contributed by atoms with van der Waals surface area (Å²) in [5.74, 6) is 1.29. The second kappa shape index (κ2) is 19.7. The molecule has 0 saturated heterocycles. The first-order chi connectivity index (χ1) is 16.6. The number of phenolic OH excluding ortho intramolecular Hbond substituents is 4. The predicted octanol–water partition coefficient (Wildman–Crippen LogP) is 7.91. The van der Waals surface area contributed by atoms with Crippen LogP contribution in [-0.4, -0.2) is 20.4 Å². The van der Waals surface area contributed by atoms with Crippen molar-refractivity contribution in [2.75, 3.05) is 0 Å². The van der Waals surface area contributed by atoms with E-state index < -0.39 is 0 Å². The number of rotatable bonds is 0. The largest absolute Gasteiger partial charge is 0.508 e. The molecular formula is C30H36O4. The van der Waals surface area contributed by atoms with Crippen LogP contribution in [0.5, 0.6) is 23.0 Å². The monoisotopic (exact) mass is 460 g/mol. The van der Waals surface area contributed by atoms with E-state index in [1.54, 1.807) is 97.1 Å². The van der Waals surface area contributed by atoms with Crippen LogP contribution in [0, 0.1) is 0 Å². The molecule has 0 unspecified atom stereocenters. The lowest BCUT2D eigenvalue weighted by molar-refractivity contribution is 0.475. The first kappa shape index (κ1) is 28.1. The lowest BCUT2D eigenvalue weighted by atomic mass is 10.0. The summed E-state index contributed by atoms with van der Waals surface area (Å²) in [6.07, 6.45) is 9.00. The van der Waals surface area contributed by atoms with E-state index in [0.29, 0.717) is 23.0 Å². The fourth-order valence-corrected chi connectivity index (χ4v) is 2.77. The predicted molar refractivity (Wildman–Crippen MR) is 140 cm³/mol. The first-order valence-electron chi connectivity index (χ1n) is 11.5. The van der Waals surface area contributed by atoms with Gasteiger partial charge in [0.15, 0.2) is 0 Å². The molecule has 0 bridgehead atoms. The molecule has 0 spiro atoms. The summed E-state index contributed by atoms with van der Waals surface area (Å²) in [6.45, 7) is 0. The van der Waals surface area contributed by atoms with Gasteiger partial charge in [0.1, 0.15) is 23.0 Å². The second-order valence-corrected chi connectivity index (χ2v) is 7.46. The third kappa shape index (κ3) is 17.7.